The fraction of sp³-hybridized carbons (Fsp3) is 0.429. The van der Waals surface area contributed by atoms with Crippen molar-refractivity contribution in [3.8, 4) is 0 Å². The normalized spacial score (nSPS) is 12.7. The molecule has 14 heavy (non-hydrogen) atoms. The molecule has 0 fully saturated rings. The first kappa shape index (κ1) is 10.5. The molecule has 1 aromatic rings. The molecule has 1 heterocycles. The lowest BCUT2D eigenvalue weighted by Gasteiger charge is -2.05. The van der Waals surface area contributed by atoms with Crippen LogP contribution in [-0.4, -0.2) is 38.6 Å². The second-order valence-corrected chi connectivity index (χ2v) is 2.86. The fourth-order valence-electron chi connectivity index (χ4n) is 0.995. The lowest BCUT2D eigenvalue weighted by atomic mass is 10.3. The van der Waals surface area contributed by atoms with Crippen molar-refractivity contribution in [2.75, 3.05) is 12.3 Å². The summed E-state index contributed by atoms with van der Waals surface area (Å²) < 4.78 is 1.26. The molecule has 0 aliphatic heterocycles. The molecule has 7 nitrogen and oxygen atoms in total. The third-order valence-corrected chi connectivity index (χ3v) is 1.63. The second-order valence-electron chi connectivity index (χ2n) is 2.86. The number of aliphatic hydroxyl groups is 2. The Labute approximate surface area is 79.9 Å². The van der Waals surface area contributed by atoms with Gasteiger partial charge in [-0.05, 0) is 0 Å². The van der Waals surface area contributed by atoms with Gasteiger partial charge in [0.25, 0.3) is 5.91 Å². The highest BCUT2D eigenvalue weighted by Gasteiger charge is 2.12. The van der Waals surface area contributed by atoms with Crippen molar-refractivity contribution in [3.05, 3.63) is 11.9 Å². The van der Waals surface area contributed by atoms with E-state index in [9.17, 15) is 4.79 Å². The predicted octanol–water partition coefficient (Wildman–Crippen LogP) is -2.08. The van der Waals surface area contributed by atoms with Crippen LogP contribution in [0, 0.1) is 0 Å². The Bertz CT molecular complexity index is 336. The van der Waals surface area contributed by atoms with Crippen LogP contribution in [0.4, 0.5) is 5.69 Å². The van der Waals surface area contributed by atoms with Gasteiger partial charge >= 0.3 is 0 Å². The smallest absolute Gasteiger partial charge is 0.271 e. The first-order valence-electron chi connectivity index (χ1n) is 3.96. The van der Waals surface area contributed by atoms with E-state index >= 15 is 0 Å². The molecular weight excluding hydrogens is 188 g/mol. The Balaban J connectivity index is 2.81. The number of aliphatic hydroxyl groups excluding tert-OH is 2. The highest BCUT2D eigenvalue weighted by Crippen LogP contribution is 2.08. The number of carbonyl (C=O) groups is 1. The third kappa shape index (κ3) is 2.21. The molecule has 0 aromatic carbocycles. The first-order chi connectivity index (χ1) is 6.54. The van der Waals surface area contributed by atoms with Crippen LogP contribution in [0.15, 0.2) is 6.20 Å². The number of hydrogen-bond acceptors (Lipinski definition) is 5. The molecule has 6 N–H and O–H groups in total. The standard InChI is InChI=1S/C7H12N4O3/c8-5-2-11(1-4(13)3-12)10-6(5)7(9)14/h2,4,12-13H,1,3,8H2,(H2,9,14). The molecule has 1 amide bonds. The average Bonchev–Trinajstić information content (AvgIpc) is 2.46. The summed E-state index contributed by atoms with van der Waals surface area (Å²) in [6.07, 6.45) is 0.439. The van der Waals surface area contributed by atoms with Gasteiger partial charge in [0.2, 0.25) is 0 Å². The number of aromatic nitrogens is 2. The van der Waals surface area contributed by atoms with Crippen molar-refractivity contribution in [1.29, 1.82) is 0 Å². The molecule has 0 radical (unpaired) electrons. The number of amides is 1. The number of nitrogen functional groups attached to an aromatic ring is 1. The van der Waals surface area contributed by atoms with Gasteiger partial charge in [0.15, 0.2) is 5.69 Å². The third-order valence-electron chi connectivity index (χ3n) is 1.63. The molecule has 78 valence electrons. The quantitative estimate of drug-likeness (QED) is 0.443. The minimum atomic E-state index is -0.935. The summed E-state index contributed by atoms with van der Waals surface area (Å²) in [6.45, 7) is -0.320. The van der Waals surface area contributed by atoms with E-state index in [-0.39, 0.29) is 24.5 Å². The van der Waals surface area contributed by atoms with Crippen molar-refractivity contribution in [2.45, 2.75) is 12.6 Å². The highest BCUT2D eigenvalue weighted by molar-refractivity contribution is 5.95. The van der Waals surface area contributed by atoms with Crippen LogP contribution in [0.25, 0.3) is 0 Å². The summed E-state index contributed by atoms with van der Waals surface area (Å²) in [5.41, 5.74) is 10.5. The van der Waals surface area contributed by atoms with E-state index in [0.29, 0.717) is 0 Å². The van der Waals surface area contributed by atoms with Gasteiger partial charge in [-0.15, -0.1) is 0 Å². The molecule has 0 spiro atoms. The number of nitrogens with zero attached hydrogens (tertiary/aromatic N) is 2. The SMILES string of the molecule is NC(=O)c1nn(CC(O)CO)cc1N. The van der Waals surface area contributed by atoms with Crippen molar-refractivity contribution >= 4 is 11.6 Å². The molecule has 0 aliphatic rings. The zero-order chi connectivity index (χ0) is 10.7. The Hall–Kier alpha value is -1.60. The van der Waals surface area contributed by atoms with E-state index in [1.54, 1.807) is 0 Å². The summed E-state index contributed by atoms with van der Waals surface area (Å²) in [5.74, 6) is -0.722. The number of carbonyl (C=O) groups excluding carboxylic acids is 1. The fourth-order valence-corrected chi connectivity index (χ4v) is 0.995. The molecule has 1 atom stereocenters. The van der Waals surface area contributed by atoms with Gasteiger partial charge in [-0.1, -0.05) is 0 Å². The number of primary amides is 1. The van der Waals surface area contributed by atoms with Gasteiger partial charge in [0.1, 0.15) is 0 Å². The van der Waals surface area contributed by atoms with Crippen LogP contribution < -0.4 is 11.5 Å². The summed E-state index contributed by atoms with van der Waals surface area (Å²) in [4.78, 5) is 10.7. The minimum Gasteiger partial charge on any atom is -0.396 e. The Morgan fingerprint density at radius 3 is 2.79 bits per heavy atom. The summed E-state index contributed by atoms with van der Waals surface area (Å²) in [6, 6.07) is 0. The van der Waals surface area contributed by atoms with Crippen molar-refractivity contribution < 1.29 is 15.0 Å². The van der Waals surface area contributed by atoms with E-state index in [2.05, 4.69) is 5.10 Å². The maximum absolute atomic E-state index is 10.7. The zero-order valence-electron chi connectivity index (χ0n) is 7.42. The van der Waals surface area contributed by atoms with Gasteiger partial charge < -0.3 is 21.7 Å². The van der Waals surface area contributed by atoms with Crippen molar-refractivity contribution in [1.82, 2.24) is 9.78 Å². The largest absolute Gasteiger partial charge is 0.396 e. The van der Waals surface area contributed by atoms with Crippen LogP contribution in [0.3, 0.4) is 0 Å². The van der Waals surface area contributed by atoms with Gasteiger partial charge in [-0.25, -0.2) is 0 Å². The number of rotatable bonds is 4. The van der Waals surface area contributed by atoms with Crippen LogP contribution in [0.5, 0.6) is 0 Å². The van der Waals surface area contributed by atoms with Crippen molar-refractivity contribution in [2.24, 2.45) is 5.73 Å². The number of nitrogens with two attached hydrogens (primary N) is 2. The Kier molecular flexibility index (Phi) is 3.05. The van der Waals surface area contributed by atoms with E-state index in [1.165, 1.54) is 10.9 Å². The Morgan fingerprint density at radius 1 is 1.71 bits per heavy atom. The van der Waals surface area contributed by atoms with Gasteiger partial charge in [-0.2, -0.15) is 5.10 Å². The topological polar surface area (TPSA) is 127 Å². The monoisotopic (exact) mass is 200 g/mol. The minimum absolute atomic E-state index is 0.0323. The Morgan fingerprint density at radius 2 is 2.36 bits per heavy atom. The first-order valence-corrected chi connectivity index (χ1v) is 3.96. The molecule has 0 bridgehead atoms. The summed E-state index contributed by atoms with van der Waals surface area (Å²) >= 11 is 0. The maximum atomic E-state index is 10.7. The highest BCUT2D eigenvalue weighted by atomic mass is 16.3. The summed E-state index contributed by atoms with van der Waals surface area (Å²) in [7, 11) is 0. The van der Waals surface area contributed by atoms with Crippen LogP contribution in [0.2, 0.25) is 0 Å². The molecule has 0 aliphatic carbocycles. The average molecular weight is 200 g/mol. The van der Waals surface area contributed by atoms with Gasteiger partial charge in [0.05, 0.1) is 24.9 Å². The molecule has 7 heteroatoms. The second kappa shape index (κ2) is 4.07. The van der Waals surface area contributed by atoms with Gasteiger partial charge in [-0.3, -0.25) is 9.48 Å². The van der Waals surface area contributed by atoms with E-state index in [4.69, 9.17) is 21.7 Å². The molecular formula is C7H12N4O3. The van der Waals surface area contributed by atoms with Crippen molar-refractivity contribution in [3.63, 3.8) is 0 Å². The van der Waals surface area contributed by atoms with Crippen LogP contribution >= 0.6 is 0 Å². The lowest BCUT2D eigenvalue weighted by molar-refractivity contribution is 0.0779. The predicted molar refractivity (Wildman–Crippen MR) is 48.2 cm³/mol. The van der Waals surface area contributed by atoms with Gasteiger partial charge in [0, 0.05) is 6.20 Å². The zero-order valence-corrected chi connectivity index (χ0v) is 7.42. The number of hydrogen-bond donors (Lipinski definition) is 4. The summed E-state index contributed by atoms with van der Waals surface area (Å²) in [5, 5.41) is 21.4. The maximum Gasteiger partial charge on any atom is 0.271 e. The van der Waals surface area contributed by atoms with Crippen LogP contribution in [-0.2, 0) is 6.54 Å². The molecule has 1 unspecified atom stereocenters. The van der Waals surface area contributed by atoms with E-state index in [0.717, 1.165) is 0 Å². The molecule has 1 rings (SSSR count). The molecule has 0 saturated heterocycles. The number of anilines is 1. The van der Waals surface area contributed by atoms with E-state index in [1.807, 2.05) is 0 Å². The molecule has 1 aromatic heterocycles. The van der Waals surface area contributed by atoms with E-state index < -0.39 is 12.0 Å². The molecule has 0 saturated carbocycles. The lowest BCUT2D eigenvalue weighted by Crippen LogP contribution is -2.21. The van der Waals surface area contributed by atoms with Crippen LogP contribution in [0.1, 0.15) is 10.5 Å².